The predicted molar refractivity (Wildman–Crippen MR) is 98.6 cm³/mol. The van der Waals surface area contributed by atoms with Gasteiger partial charge in [0.05, 0.1) is 23.3 Å². The molecule has 1 heterocycles. The zero-order valence-electron chi connectivity index (χ0n) is 14.7. The zero-order valence-corrected chi connectivity index (χ0v) is 15.5. The number of anilines is 1. The third-order valence-corrected chi connectivity index (χ3v) is 5.25. The number of nitrogens with one attached hydrogen (secondary N) is 2. The van der Waals surface area contributed by atoms with E-state index in [2.05, 4.69) is 10.0 Å². The molecule has 0 unspecified atom stereocenters. The molecule has 2 N–H and O–H groups in total. The molecule has 0 aliphatic heterocycles. The third kappa shape index (κ3) is 5.17. The van der Waals surface area contributed by atoms with E-state index < -0.39 is 32.6 Å². The lowest BCUT2D eigenvalue weighted by atomic mass is 10.2. The number of hydrogen-bond acceptors (Lipinski definition) is 4. The highest BCUT2D eigenvalue weighted by Crippen LogP contribution is 2.30. The van der Waals surface area contributed by atoms with Crippen molar-refractivity contribution in [3.63, 3.8) is 0 Å². The first-order chi connectivity index (χ1) is 13.6. The Balaban J connectivity index is 1.69. The quantitative estimate of drug-likeness (QED) is 0.625. The smallest absolute Gasteiger partial charge is 0.416 e. The molecule has 0 bridgehead atoms. The molecule has 2 aromatic carbocycles. The SMILES string of the molecule is O=C(NCc1ccco1)c1ccc(NS(=O)(=O)c2cccc(C(F)(F)F)c2)cc1. The van der Waals surface area contributed by atoms with E-state index in [1.807, 2.05) is 0 Å². The highest BCUT2D eigenvalue weighted by molar-refractivity contribution is 7.92. The molecular formula is C19H15F3N2O4S. The number of amides is 1. The van der Waals surface area contributed by atoms with Crippen molar-refractivity contribution in [2.45, 2.75) is 17.6 Å². The molecule has 0 aliphatic carbocycles. The number of carbonyl (C=O) groups is 1. The fourth-order valence-electron chi connectivity index (χ4n) is 2.43. The number of benzene rings is 2. The monoisotopic (exact) mass is 424 g/mol. The van der Waals surface area contributed by atoms with Gasteiger partial charge in [0.2, 0.25) is 0 Å². The fourth-order valence-corrected chi connectivity index (χ4v) is 3.53. The average Bonchev–Trinajstić information content (AvgIpc) is 3.19. The summed E-state index contributed by atoms with van der Waals surface area (Å²) in [4.78, 5) is 11.6. The Bertz CT molecular complexity index is 1090. The molecule has 29 heavy (non-hydrogen) atoms. The Labute approximate surface area is 164 Å². The van der Waals surface area contributed by atoms with E-state index >= 15 is 0 Å². The summed E-state index contributed by atoms with van der Waals surface area (Å²) >= 11 is 0. The van der Waals surface area contributed by atoms with Crippen LogP contribution in [-0.4, -0.2) is 14.3 Å². The number of furan rings is 1. The molecule has 3 aromatic rings. The van der Waals surface area contributed by atoms with Crippen LogP contribution in [0.4, 0.5) is 18.9 Å². The van der Waals surface area contributed by atoms with Crippen LogP contribution in [0.15, 0.2) is 76.2 Å². The molecular weight excluding hydrogens is 409 g/mol. The van der Waals surface area contributed by atoms with E-state index in [1.54, 1.807) is 12.1 Å². The fraction of sp³-hybridized carbons (Fsp3) is 0.105. The van der Waals surface area contributed by atoms with Gasteiger partial charge in [0.1, 0.15) is 5.76 Å². The van der Waals surface area contributed by atoms with E-state index in [0.29, 0.717) is 11.8 Å². The Morgan fingerprint density at radius 3 is 2.34 bits per heavy atom. The van der Waals surface area contributed by atoms with Crippen LogP contribution in [0, 0.1) is 0 Å². The van der Waals surface area contributed by atoms with E-state index in [9.17, 15) is 26.4 Å². The minimum Gasteiger partial charge on any atom is -0.467 e. The maximum atomic E-state index is 12.8. The summed E-state index contributed by atoms with van der Waals surface area (Å²) < 4.78 is 70.4. The summed E-state index contributed by atoms with van der Waals surface area (Å²) in [5.41, 5.74) is -0.687. The molecule has 1 aromatic heterocycles. The Morgan fingerprint density at radius 1 is 1.00 bits per heavy atom. The van der Waals surface area contributed by atoms with Crippen LogP contribution in [0.5, 0.6) is 0 Å². The Hall–Kier alpha value is -3.27. The maximum absolute atomic E-state index is 12.8. The topological polar surface area (TPSA) is 88.4 Å². The van der Waals surface area contributed by atoms with Crippen LogP contribution >= 0.6 is 0 Å². The third-order valence-electron chi connectivity index (χ3n) is 3.87. The lowest BCUT2D eigenvalue weighted by Gasteiger charge is -2.11. The van der Waals surface area contributed by atoms with Crippen molar-refractivity contribution in [1.29, 1.82) is 0 Å². The summed E-state index contributed by atoms with van der Waals surface area (Å²) in [5.74, 6) is 0.178. The number of rotatable bonds is 6. The molecule has 0 spiro atoms. The molecule has 152 valence electrons. The van der Waals surface area contributed by atoms with Crippen LogP contribution in [0.2, 0.25) is 0 Å². The summed E-state index contributed by atoms with van der Waals surface area (Å²) in [5, 5.41) is 2.64. The van der Waals surface area contributed by atoms with Crippen molar-refractivity contribution in [3.05, 3.63) is 83.8 Å². The van der Waals surface area contributed by atoms with Gasteiger partial charge in [-0.2, -0.15) is 13.2 Å². The van der Waals surface area contributed by atoms with E-state index in [-0.39, 0.29) is 17.8 Å². The van der Waals surface area contributed by atoms with E-state index in [0.717, 1.165) is 18.2 Å². The standard InChI is InChI=1S/C19H15F3N2O4S/c20-19(21,22)14-3-1-5-17(11-14)29(26,27)24-15-8-6-13(7-9-15)18(25)23-12-16-4-2-10-28-16/h1-11,24H,12H2,(H,23,25). The number of sulfonamides is 1. The molecule has 0 aliphatic rings. The first-order valence-corrected chi connectivity index (χ1v) is 9.74. The van der Waals surface area contributed by atoms with Gasteiger partial charge in [-0.15, -0.1) is 0 Å². The Kier molecular flexibility index (Phi) is 5.64. The summed E-state index contributed by atoms with van der Waals surface area (Å²) in [7, 11) is -4.23. The van der Waals surface area contributed by atoms with Gasteiger partial charge in [-0.1, -0.05) is 6.07 Å². The molecule has 6 nitrogen and oxygen atoms in total. The van der Waals surface area contributed by atoms with Gasteiger partial charge in [-0.25, -0.2) is 8.42 Å². The highest BCUT2D eigenvalue weighted by atomic mass is 32.2. The minimum absolute atomic E-state index is 0.102. The number of halogens is 3. The van der Waals surface area contributed by atoms with Crippen molar-refractivity contribution in [3.8, 4) is 0 Å². The van der Waals surface area contributed by atoms with Crippen molar-refractivity contribution in [2.24, 2.45) is 0 Å². The molecule has 3 rings (SSSR count). The average molecular weight is 424 g/mol. The second kappa shape index (κ2) is 8.00. The van der Waals surface area contributed by atoms with Gasteiger partial charge in [-0.3, -0.25) is 9.52 Å². The van der Waals surface area contributed by atoms with Crippen LogP contribution < -0.4 is 10.0 Å². The lowest BCUT2D eigenvalue weighted by Crippen LogP contribution is -2.22. The highest BCUT2D eigenvalue weighted by Gasteiger charge is 2.31. The molecule has 10 heteroatoms. The van der Waals surface area contributed by atoms with Gasteiger partial charge in [0.25, 0.3) is 15.9 Å². The first kappa shape index (κ1) is 20.5. The summed E-state index contributed by atoms with van der Waals surface area (Å²) in [6.45, 7) is 0.190. The van der Waals surface area contributed by atoms with E-state index in [1.165, 1.54) is 30.5 Å². The van der Waals surface area contributed by atoms with Crippen molar-refractivity contribution >= 4 is 21.6 Å². The maximum Gasteiger partial charge on any atom is 0.416 e. The molecule has 0 radical (unpaired) electrons. The molecule has 0 saturated heterocycles. The predicted octanol–water partition coefficient (Wildman–Crippen LogP) is 4.03. The number of alkyl halides is 3. The van der Waals surface area contributed by atoms with Crippen LogP contribution in [0.25, 0.3) is 0 Å². The zero-order chi connectivity index (χ0) is 21.1. The van der Waals surface area contributed by atoms with Gasteiger partial charge >= 0.3 is 6.18 Å². The van der Waals surface area contributed by atoms with Crippen molar-refractivity contribution in [1.82, 2.24) is 5.32 Å². The second-order valence-corrected chi connectivity index (χ2v) is 7.65. The van der Waals surface area contributed by atoms with Crippen LogP contribution in [0.1, 0.15) is 21.7 Å². The number of hydrogen-bond donors (Lipinski definition) is 2. The van der Waals surface area contributed by atoms with Crippen LogP contribution in [-0.2, 0) is 22.7 Å². The second-order valence-electron chi connectivity index (χ2n) is 5.97. The van der Waals surface area contributed by atoms with Gasteiger partial charge < -0.3 is 9.73 Å². The number of carbonyl (C=O) groups excluding carboxylic acids is 1. The summed E-state index contributed by atoms with van der Waals surface area (Å²) in [6, 6.07) is 12.3. The van der Waals surface area contributed by atoms with Crippen molar-refractivity contribution in [2.75, 3.05) is 4.72 Å². The van der Waals surface area contributed by atoms with E-state index in [4.69, 9.17) is 4.42 Å². The normalized spacial score (nSPS) is 11.8. The first-order valence-electron chi connectivity index (χ1n) is 8.26. The molecule has 0 atom stereocenters. The van der Waals surface area contributed by atoms with Gasteiger partial charge in [-0.05, 0) is 54.6 Å². The molecule has 0 fully saturated rings. The summed E-state index contributed by atoms with van der Waals surface area (Å²) in [6.07, 6.45) is -3.18. The molecule has 0 saturated carbocycles. The van der Waals surface area contributed by atoms with Crippen LogP contribution in [0.3, 0.4) is 0 Å². The van der Waals surface area contributed by atoms with Gasteiger partial charge in [0.15, 0.2) is 0 Å². The van der Waals surface area contributed by atoms with Gasteiger partial charge in [0, 0.05) is 11.3 Å². The lowest BCUT2D eigenvalue weighted by molar-refractivity contribution is -0.137. The Morgan fingerprint density at radius 2 is 1.72 bits per heavy atom. The molecule has 1 amide bonds. The minimum atomic E-state index is -4.66. The van der Waals surface area contributed by atoms with Crippen molar-refractivity contribution < 1.29 is 30.8 Å². The largest absolute Gasteiger partial charge is 0.467 e.